The topological polar surface area (TPSA) is 127 Å². The van der Waals surface area contributed by atoms with E-state index in [0.717, 1.165) is 39.9 Å². The fraction of sp³-hybridized carbons (Fsp3) is 0.522. The molecule has 1 saturated heterocycles. The third kappa shape index (κ3) is 8.01. The van der Waals surface area contributed by atoms with Crippen molar-refractivity contribution in [1.29, 1.82) is 0 Å². The van der Waals surface area contributed by atoms with E-state index in [2.05, 4.69) is 30.9 Å². The van der Waals surface area contributed by atoms with Crippen LogP contribution in [0.25, 0.3) is 6.20 Å². The van der Waals surface area contributed by atoms with E-state index in [9.17, 15) is 9.59 Å². The molecular weight excluding hydrogens is 544 g/mol. The van der Waals surface area contributed by atoms with Gasteiger partial charge in [0.25, 0.3) is 0 Å². The zero-order valence-electron chi connectivity index (χ0n) is 20.3. The molecule has 0 saturated carbocycles. The van der Waals surface area contributed by atoms with Crippen molar-refractivity contribution in [2.45, 2.75) is 74.3 Å². The molecule has 1 radical (unpaired) electrons. The number of allylic oxidation sites excluding steroid dienone is 2. The third-order valence-electron chi connectivity index (χ3n) is 5.07. The van der Waals surface area contributed by atoms with Gasteiger partial charge in [-0.1, -0.05) is 0 Å². The second-order valence-corrected chi connectivity index (χ2v) is 13.0. The Balaban J connectivity index is 1.59. The van der Waals surface area contributed by atoms with E-state index in [0.29, 0.717) is 9.68 Å². The van der Waals surface area contributed by atoms with Crippen molar-refractivity contribution in [1.82, 2.24) is 30.3 Å². The molecule has 2 unspecified atom stereocenters. The Morgan fingerprint density at radius 2 is 2.18 bits per heavy atom. The third-order valence-corrected chi connectivity index (χ3v) is 9.20. The molecule has 3 rings (SSSR count). The Hall–Kier alpha value is -2.61. The molecule has 1 aliphatic rings. The van der Waals surface area contributed by atoms with Crippen LogP contribution in [0.2, 0.25) is 4.37 Å². The van der Waals surface area contributed by atoms with Crippen molar-refractivity contribution in [2.24, 2.45) is 0 Å². The molecule has 0 aromatic carbocycles. The number of H-pyrrole nitrogens is 1. The SMILES string of the molecule is CC(C)=C/C(=C\n1ncnc1C)CC(=O)Nc1cc([CH]2CC(OC(=O)NC(C)C)C[CH2][Sb]2)[nH]n1. The van der Waals surface area contributed by atoms with Crippen LogP contribution in [-0.4, -0.2) is 70.7 Å². The maximum atomic E-state index is 12.7. The number of hydrogen-bond donors (Lipinski definition) is 3. The summed E-state index contributed by atoms with van der Waals surface area (Å²) in [6, 6.07) is 1.95. The van der Waals surface area contributed by atoms with Gasteiger partial charge in [-0.3, -0.25) is 0 Å². The number of nitrogens with one attached hydrogen (secondary N) is 3. The number of aromatic nitrogens is 5. The van der Waals surface area contributed by atoms with Gasteiger partial charge < -0.3 is 0 Å². The summed E-state index contributed by atoms with van der Waals surface area (Å²) in [4.78, 5) is 28.8. The molecule has 0 bridgehead atoms. The summed E-state index contributed by atoms with van der Waals surface area (Å²) in [6.45, 7) is 9.64. The molecule has 2 atom stereocenters. The van der Waals surface area contributed by atoms with Gasteiger partial charge in [-0.2, -0.15) is 0 Å². The van der Waals surface area contributed by atoms with E-state index in [1.165, 1.54) is 6.33 Å². The predicted octanol–water partition coefficient (Wildman–Crippen LogP) is 3.61. The van der Waals surface area contributed by atoms with Crippen LogP contribution in [0.15, 0.2) is 29.6 Å². The molecule has 11 heteroatoms. The van der Waals surface area contributed by atoms with E-state index < -0.39 is 21.6 Å². The average Bonchev–Trinajstić information content (AvgIpc) is 3.36. The number of rotatable bonds is 8. The second kappa shape index (κ2) is 12.2. The van der Waals surface area contributed by atoms with Crippen LogP contribution in [0.5, 0.6) is 0 Å². The van der Waals surface area contributed by atoms with Crippen LogP contribution in [0.3, 0.4) is 0 Å². The van der Waals surface area contributed by atoms with Gasteiger partial charge in [0.15, 0.2) is 0 Å². The van der Waals surface area contributed by atoms with Crippen molar-refractivity contribution < 1.29 is 14.3 Å². The Labute approximate surface area is 210 Å². The summed E-state index contributed by atoms with van der Waals surface area (Å²) in [5.41, 5.74) is 2.91. The van der Waals surface area contributed by atoms with Crippen molar-refractivity contribution in [3.05, 3.63) is 41.1 Å². The number of aromatic amines is 1. The molecule has 183 valence electrons. The number of ether oxygens (including phenoxy) is 1. The standard InChI is InChI=1S/C23H33N7O3.Sb/c1-7-20(33-23(32)26-16(4)5)9-8-19-12-21(29-28-19)27-22(31)11-18(10-15(2)3)13-30-17(6)24-14-25-30;/h8,10,12-14,16,20H,1,7,9,11H2,2-6H3,(H,26,32)(H2,27,28,29,31);/b18-13+;. The average molecular weight is 577 g/mol. The van der Waals surface area contributed by atoms with Crippen LogP contribution < -0.4 is 10.6 Å². The summed E-state index contributed by atoms with van der Waals surface area (Å²) in [7, 11) is 0. The monoisotopic (exact) mass is 576 g/mol. The normalized spacial score (nSPS) is 18.5. The van der Waals surface area contributed by atoms with Gasteiger partial charge in [0, 0.05) is 0 Å². The maximum absolute atomic E-state index is 12.7. The molecule has 0 spiro atoms. The number of hydrogen-bond acceptors (Lipinski definition) is 6. The first-order valence-corrected chi connectivity index (χ1v) is 14.7. The molecular formula is C23H33N7O3Sb. The number of nitrogens with zero attached hydrogens (tertiary/aromatic N) is 4. The van der Waals surface area contributed by atoms with E-state index >= 15 is 0 Å². The summed E-state index contributed by atoms with van der Waals surface area (Å²) in [6.07, 6.45) is 6.71. The van der Waals surface area contributed by atoms with Gasteiger partial charge in [0.1, 0.15) is 0 Å². The minimum atomic E-state index is -0.476. The Kier molecular flexibility index (Phi) is 9.33. The van der Waals surface area contributed by atoms with E-state index in [4.69, 9.17) is 4.74 Å². The van der Waals surface area contributed by atoms with Crippen molar-refractivity contribution in [2.75, 3.05) is 5.32 Å². The van der Waals surface area contributed by atoms with Gasteiger partial charge in [-0.05, 0) is 0 Å². The van der Waals surface area contributed by atoms with E-state index in [1.54, 1.807) is 4.68 Å². The molecule has 3 heterocycles. The zero-order valence-corrected chi connectivity index (χ0v) is 22.9. The molecule has 0 aliphatic carbocycles. The fourth-order valence-corrected chi connectivity index (χ4v) is 7.78. The molecule has 1 fully saturated rings. The van der Waals surface area contributed by atoms with Crippen LogP contribution in [0.4, 0.5) is 10.6 Å². The summed E-state index contributed by atoms with van der Waals surface area (Å²) >= 11 is -0.476. The number of anilines is 1. The van der Waals surface area contributed by atoms with Gasteiger partial charge >= 0.3 is 211 Å². The molecule has 34 heavy (non-hydrogen) atoms. The molecule has 2 amide bonds. The summed E-state index contributed by atoms with van der Waals surface area (Å²) < 4.78 is 8.71. The van der Waals surface area contributed by atoms with Crippen LogP contribution in [0.1, 0.15) is 62.3 Å². The van der Waals surface area contributed by atoms with Crippen molar-refractivity contribution in [3.8, 4) is 0 Å². The molecule has 1 aliphatic heterocycles. The van der Waals surface area contributed by atoms with E-state index in [-0.39, 0.29) is 30.6 Å². The van der Waals surface area contributed by atoms with Crippen molar-refractivity contribution >= 4 is 45.6 Å². The molecule has 10 nitrogen and oxygen atoms in total. The van der Waals surface area contributed by atoms with Crippen molar-refractivity contribution in [3.63, 3.8) is 0 Å². The van der Waals surface area contributed by atoms with E-state index in [1.807, 2.05) is 53.0 Å². The predicted molar refractivity (Wildman–Crippen MR) is 131 cm³/mol. The van der Waals surface area contributed by atoms with Gasteiger partial charge in [0.05, 0.1) is 0 Å². The first-order chi connectivity index (χ1) is 16.2. The second-order valence-electron chi connectivity index (χ2n) is 8.88. The quantitative estimate of drug-likeness (QED) is 0.325. The Morgan fingerprint density at radius 3 is 2.85 bits per heavy atom. The van der Waals surface area contributed by atoms with Crippen LogP contribution in [0, 0.1) is 6.92 Å². The van der Waals surface area contributed by atoms with Crippen LogP contribution >= 0.6 is 0 Å². The van der Waals surface area contributed by atoms with Crippen LogP contribution in [-0.2, 0) is 9.53 Å². The number of aryl methyl sites for hydroxylation is 1. The first kappa shape index (κ1) is 26.0. The Bertz CT molecular complexity index is 1050. The number of carbonyl (C=O) groups excluding carboxylic acids is 2. The molecule has 2 aromatic rings. The van der Waals surface area contributed by atoms with Gasteiger partial charge in [-0.15, -0.1) is 0 Å². The number of carbonyl (C=O) groups is 2. The molecule has 3 N–H and O–H groups in total. The summed E-state index contributed by atoms with van der Waals surface area (Å²) in [5, 5.41) is 17.2. The zero-order chi connectivity index (χ0) is 24.7. The summed E-state index contributed by atoms with van der Waals surface area (Å²) in [5.74, 6) is 1.09. The first-order valence-electron chi connectivity index (χ1n) is 11.4. The minimum absolute atomic E-state index is 0.0492. The fourth-order valence-electron chi connectivity index (χ4n) is 3.61. The van der Waals surface area contributed by atoms with Gasteiger partial charge in [-0.25, -0.2) is 0 Å². The molecule has 2 aromatic heterocycles. The Morgan fingerprint density at radius 1 is 1.38 bits per heavy atom. The number of amides is 2. The number of alkyl carbamates (subject to hydrolysis) is 1. The van der Waals surface area contributed by atoms with Gasteiger partial charge in [0.2, 0.25) is 0 Å².